The van der Waals surface area contributed by atoms with Gasteiger partial charge in [0.15, 0.2) is 0 Å². The molecule has 2 aromatic rings. The Morgan fingerprint density at radius 1 is 1.07 bits per heavy atom. The fraction of sp³-hybridized carbons (Fsp3) is 0.100. The number of anilines is 1. The topological polar surface area (TPSA) is 73.9 Å². The van der Waals surface area contributed by atoms with Gasteiger partial charge in [-0.25, -0.2) is 0 Å². The lowest BCUT2D eigenvalue weighted by atomic mass is 10.3. The molecular weight excluding hydrogens is 192 g/mol. The molecule has 2 rings (SSSR count). The summed E-state index contributed by atoms with van der Waals surface area (Å²) in [5.74, 6) is 1.37. The molecule has 15 heavy (non-hydrogen) atoms. The quantitative estimate of drug-likeness (QED) is 0.799. The smallest absolute Gasteiger partial charge is 0.327 e. The van der Waals surface area contributed by atoms with Gasteiger partial charge in [0.2, 0.25) is 5.95 Å². The predicted octanol–water partition coefficient (Wildman–Crippen LogP) is 1.55. The fourth-order valence-electron chi connectivity index (χ4n) is 1.12. The maximum atomic E-state index is 5.47. The molecule has 0 fully saturated rings. The van der Waals surface area contributed by atoms with Crippen LogP contribution in [-0.4, -0.2) is 15.0 Å². The van der Waals surface area contributed by atoms with Gasteiger partial charge in [0, 0.05) is 0 Å². The molecule has 1 heterocycles. The molecule has 0 atom stereocenters. The van der Waals surface area contributed by atoms with Crippen LogP contribution in [0, 0.1) is 6.92 Å². The molecular formula is C10H10N4O. The second-order valence-electron chi connectivity index (χ2n) is 2.94. The number of aryl methyl sites for hydroxylation is 1. The van der Waals surface area contributed by atoms with Gasteiger partial charge in [0.05, 0.1) is 0 Å². The van der Waals surface area contributed by atoms with Crippen molar-refractivity contribution in [2.45, 2.75) is 6.92 Å². The molecule has 0 amide bonds. The van der Waals surface area contributed by atoms with Crippen LogP contribution >= 0.6 is 0 Å². The van der Waals surface area contributed by atoms with Crippen LogP contribution in [0.15, 0.2) is 30.3 Å². The van der Waals surface area contributed by atoms with Gasteiger partial charge < -0.3 is 10.5 Å². The number of nitrogens with zero attached hydrogens (tertiary/aromatic N) is 3. The second-order valence-corrected chi connectivity index (χ2v) is 2.94. The fourth-order valence-corrected chi connectivity index (χ4v) is 1.12. The van der Waals surface area contributed by atoms with Crippen molar-refractivity contribution in [3.63, 3.8) is 0 Å². The van der Waals surface area contributed by atoms with Crippen molar-refractivity contribution in [1.29, 1.82) is 0 Å². The summed E-state index contributed by atoms with van der Waals surface area (Å²) >= 11 is 0. The molecule has 0 saturated heterocycles. The van der Waals surface area contributed by atoms with E-state index in [4.69, 9.17) is 10.5 Å². The Hall–Kier alpha value is -2.17. The number of hydrogen-bond acceptors (Lipinski definition) is 5. The van der Waals surface area contributed by atoms with E-state index < -0.39 is 0 Å². The van der Waals surface area contributed by atoms with Crippen molar-refractivity contribution in [3.8, 4) is 11.8 Å². The minimum absolute atomic E-state index is 0.161. The van der Waals surface area contributed by atoms with Crippen molar-refractivity contribution in [2.75, 3.05) is 5.73 Å². The first-order valence-electron chi connectivity index (χ1n) is 4.45. The Kier molecular flexibility index (Phi) is 2.45. The third kappa shape index (κ3) is 2.40. The highest BCUT2D eigenvalue weighted by Gasteiger charge is 2.02. The highest BCUT2D eigenvalue weighted by Crippen LogP contribution is 2.16. The van der Waals surface area contributed by atoms with Crippen LogP contribution in [0.25, 0.3) is 0 Å². The van der Waals surface area contributed by atoms with Gasteiger partial charge in [0.1, 0.15) is 11.6 Å². The van der Waals surface area contributed by atoms with Crippen LogP contribution in [0.4, 0.5) is 5.95 Å². The van der Waals surface area contributed by atoms with Crippen molar-refractivity contribution in [1.82, 2.24) is 15.0 Å². The largest absolute Gasteiger partial charge is 0.424 e. The van der Waals surface area contributed by atoms with Crippen LogP contribution in [0.5, 0.6) is 11.8 Å². The predicted molar refractivity (Wildman–Crippen MR) is 55.5 cm³/mol. The zero-order valence-electron chi connectivity index (χ0n) is 8.21. The highest BCUT2D eigenvalue weighted by atomic mass is 16.5. The van der Waals surface area contributed by atoms with E-state index >= 15 is 0 Å². The molecule has 5 nitrogen and oxygen atoms in total. The minimum Gasteiger partial charge on any atom is -0.424 e. The van der Waals surface area contributed by atoms with Crippen molar-refractivity contribution < 1.29 is 4.74 Å². The monoisotopic (exact) mass is 202 g/mol. The van der Waals surface area contributed by atoms with Crippen LogP contribution in [0.1, 0.15) is 5.82 Å². The van der Waals surface area contributed by atoms with Crippen molar-refractivity contribution >= 4 is 5.95 Å². The molecule has 0 aliphatic carbocycles. The number of nitrogens with two attached hydrogens (primary N) is 1. The molecule has 76 valence electrons. The first-order chi connectivity index (χ1) is 7.24. The number of benzene rings is 1. The molecule has 5 heteroatoms. The molecule has 0 unspecified atom stereocenters. The number of aromatic nitrogens is 3. The Balaban J connectivity index is 2.25. The van der Waals surface area contributed by atoms with Crippen molar-refractivity contribution in [2.24, 2.45) is 0 Å². The van der Waals surface area contributed by atoms with Gasteiger partial charge in [0.25, 0.3) is 0 Å². The molecule has 0 spiro atoms. The molecule has 2 N–H and O–H groups in total. The normalized spacial score (nSPS) is 9.93. The van der Waals surface area contributed by atoms with E-state index in [2.05, 4.69) is 15.0 Å². The van der Waals surface area contributed by atoms with E-state index in [1.807, 2.05) is 30.3 Å². The summed E-state index contributed by atoms with van der Waals surface area (Å²) in [6.07, 6.45) is 0. The summed E-state index contributed by atoms with van der Waals surface area (Å²) in [7, 11) is 0. The van der Waals surface area contributed by atoms with Gasteiger partial charge in [-0.2, -0.15) is 15.0 Å². The average Bonchev–Trinajstić information content (AvgIpc) is 2.17. The molecule has 0 aliphatic rings. The SMILES string of the molecule is Cc1nc(N)nc(Oc2ccccc2)n1. The first-order valence-corrected chi connectivity index (χ1v) is 4.45. The number of nitrogen functional groups attached to an aromatic ring is 1. The van der Waals surface area contributed by atoms with E-state index in [9.17, 15) is 0 Å². The molecule has 0 radical (unpaired) electrons. The summed E-state index contributed by atoms with van der Waals surface area (Å²) < 4.78 is 5.40. The first kappa shape index (κ1) is 9.39. The van der Waals surface area contributed by atoms with Gasteiger partial charge >= 0.3 is 6.01 Å². The lowest BCUT2D eigenvalue weighted by molar-refractivity contribution is 0.438. The summed E-state index contributed by atoms with van der Waals surface area (Å²) in [5, 5.41) is 0. The Morgan fingerprint density at radius 2 is 1.80 bits per heavy atom. The maximum absolute atomic E-state index is 5.47. The zero-order valence-corrected chi connectivity index (χ0v) is 8.21. The van der Waals surface area contributed by atoms with Gasteiger partial charge in [-0.3, -0.25) is 0 Å². The van der Waals surface area contributed by atoms with E-state index in [0.717, 1.165) is 0 Å². The van der Waals surface area contributed by atoms with Crippen LogP contribution in [0.2, 0.25) is 0 Å². The van der Waals surface area contributed by atoms with Gasteiger partial charge in [-0.15, -0.1) is 0 Å². The third-order valence-corrected chi connectivity index (χ3v) is 1.70. The van der Waals surface area contributed by atoms with Crippen LogP contribution in [-0.2, 0) is 0 Å². The Bertz CT molecular complexity index is 438. The molecule has 1 aromatic carbocycles. The Morgan fingerprint density at radius 3 is 2.47 bits per heavy atom. The zero-order chi connectivity index (χ0) is 10.7. The molecule has 1 aromatic heterocycles. The highest BCUT2D eigenvalue weighted by molar-refractivity contribution is 5.26. The van der Waals surface area contributed by atoms with Crippen LogP contribution in [0.3, 0.4) is 0 Å². The summed E-state index contributed by atoms with van der Waals surface area (Å²) in [4.78, 5) is 11.7. The number of ether oxygens (including phenoxy) is 1. The summed E-state index contributed by atoms with van der Waals surface area (Å²) in [6, 6.07) is 9.48. The maximum Gasteiger partial charge on any atom is 0.327 e. The van der Waals surface area contributed by atoms with Crippen LogP contribution < -0.4 is 10.5 Å². The van der Waals surface area contributed by atoms with Gasteiger partial charge in [-0.05, 0) is 19.1 Å². The second kappa shape index (κ2) is 3.91. The number of rotatable bonds is 2. The minimum atomic E-state index is 0.161. The number of para-hydroxylation sites is 1. The number of hydrogen-bond donors (Lipinski definition) is 1. The lowest BCUT2D eigenvalue weighted by Gasteiger charge is -2.03. The standard InChI is InChI=1S/C10H10N4O/c1-7-12-9(11)14-10(13-7)15-8-5-3-2-4-6-8/h2-6H,1H3,(H2,11,12,13,14). The van der Waals surface area contributed by atoms with Gasteiger partial charge in [-0.1, -0.05) is 18.2 Å². The van der Waals surface area contributed by atoms with E-state index in [0.29, 0.717) is 11.6 Å². The van der Waals surface area contributed by atoms with E-state index in [1.165, 1.54) is 0 Å². The third-order valence-electron chi connectivity index (χ3n) is 1.70. The van der Waals surface area contributed by atoms with E-state index in [1.54, 1.807) is 6.92 Å². The van der Waals surface area contributed by atoms with Crippen molar-refractivity contribution in [3.05, 3.63) is 36.2 Å². The molecule has 0 aliphatic heterocycles. The van der Waals surface area contributed by atoms with E-state index in [-0.39, 0.29) is 12.0 Å². The molecule has 0 bridgehead atoms. The Labute approximate surface area is 87.0 Å². The average molecular weight is 202 g/mol. The molecule has 0 saturated carbocycles. The summed E-state index contributed by atoms with van der Waals surface area (Å²) in [6.45, 7) is 1.73. The summed E-state index contributed by atoms with van der Waals surface area (Å²) in [5.41, 5.74) is 5.47. The lowest BCUT2D eigenvalue weighted by Crippen LogP contribution is -2.02.